The lowest BCUT2D eigenvalue weighted by Gasteiger charge is -2.21. The van der Waals surface area contributed by atoms with Gasteiger partial charge in [-0.1, -0.05) is 356 Å². The minimum Gasteiger partial charge on any atom is -0.462 e. The van der Waals surface area contributed by atoms with Crippen LogP contribution >= 0.6 is 15.6 Å². The highest BCUT2D eigenvalue weighted by Gasteiger charge is 2.30. The first-order valence-electron chi connectivity index (χ1n) is 40.1. The molecule has 0 aliphatic rings. The lowest BCUT2D eigenvalue weighted by Crippen LogP contribution is -2.30. The summed E-state index contributed by atoms with van der Waals surface area (Å²) in [5.74, 6) is -1.31. The van der Waals surface area contributed by atoms with E-state index >= 15 is 0 Å². The Morgan fingerprint density at radius 2 is 0.479 bits per heavy atom. The molecule has 0 aliphatic carbocycles. The summed E-state index contributed by atoms with van der Waals surface area (Å²) in [5.41, 5.74) is 0. The number of rotatable bonds is 77. The second kappa shape index (κ2) is 70.1. The van der Waals surface area contributed by atoms with Gasteiger partial charge in [-0.15, -0.1) is 0 Å². The van der Waals surface area contributed by atoms with Crippen LogP contribution in [-0.2, 0) is 65.4 Å². The van der Waals surface area contributed by atoms with Crippen molar-refractivity contribution in [1.82, 2.24) is 0 Å². The summed E-state index contributed by atoms with van der Waals surface area (Å²) in [4.78, 5) is 72.8. The van der Waals surface area contributed by atoms with E-state index in [4.69, 9.17) is 37.0 Å². The number of aliphatic hydroxyl groups excluding tert-OH is 1. The number of phosphoric acid groups is 2. The van der Waals surface area contributed by atoms with Crippen LogP contribution in [0.4, 0.5) is 0 Å². The summed E-state index contributed by atoms with van der Waals surface area (Å²) >= 11 is 0. The number of esters is 4. The first-order valence-corrected chi connectivity index (χ1v) is 43.1. The Bertz CT molecular complexity index is 1840. The molecular formula is C77H150O17P2. The molecule has 0 radical (unpaired) electrons. The van der Waals surface area contributed by atoms with Crippen LogP contribution in [0, 0.1) is 5.92 Å². The van der Waals surface area contributed by atoms with Crippen LogP contribution < -0.4 is 0 Å². The third-order valence-electron chi connectivity index (χ3n) is 18.0. The van der Waals surface area contributed by atoms with E-state index in [0.717, 1.165) is 102 Å². The third-order valence-corrected chi connectivity index (χ3v) is 19.9. The van der Waals surface area contributed by atoms with Crippen molar-refractivity contribution in [3.8, 4) is 0 Å². The van der Waals surface area contributed by atoms with Crippen molar-refractivity contribution in [2.24, 2.45) is 5.92 Å². The molecule has 0 heterocycles. The van der Waals surface area contributed by atoms with Crippen LogP contribution in [-0.4, -0.2) is 96.7 Å². The second-order valence-electron chi connectivity index (χ2n) is 28.2. The van der Waals surface area contributed by atoms with Crippen molar-refractivity contribution in [1.29, 1.82) is 0 Å². The number of hydrogen-bond acceptors (Lipinski definition) is 15. The van der Waals surface area contributed by atoms with Gasteiger partial charge in [-0.25, -0.2) is 9.13 Å². The molecule has 0 amide bonds. The monoisotopic (exact) mass is 1410 g/mol. The number of unbranched alkanes of at least 4 members (excludes halogenated alkanes) is 49. The zero-order valence-corrected chi connectivity index (χ0v) is 64.3. The Morgan fingerprint density at radius 3 is 0.708 bits per heavy atom. The van der Waals surface area contributed by atoms with Crippen molar-refractivity contribution >= 4 is 39.5 Å². The molecule has 0 aliphatic heterocycles. The van der Waals surface area contributed by atoms with E-state index in [0.29, 0.717) is 25.7 Å². The molecule has 0 spiro atoms. The van der Waals surface area contributed by atoms with E-state index < -0.39 is 97.5 Å². The number of ether oxygens (including phenoxy) is 4. The molecule has 0 bridgehead atoms. The third kappa shape index (κ3) is 70.5. The minimum absolute atomic E-state index is 0.108. The van der Waals surface area contributed by atoms with E-state index in [9.17, 15) is 43.2 Å². The van der Waals surface area contributed by atoms with Gasteiger partial charge >= 0.3 is 39.5 Å². The molecule has 5 atom stereocenters. The van der Waals surface area contributed by atoms with Gasteiger partial charge in [0, 0.05) is 25.7 Å². The Kier molecular flexibility index (Phi) is 68.7. The molecule has 19 heteroatoms. The van der Waals surface area contributed by atoms with Crippen LogP contribution in [0.25, 0.3) is 0 Å². The fourth-order valence-corrected chi connectivity index (χ4v) is 13.5. The molecule has 0 fully saturated rings. The van der Waals surface area contributed by atoms with Crippen LogP contribution in [0.5, 0.6) is 0 Å². The molecule has 3 N–H and O–H groups in total. The molecule has 0 saturated heterocycles. The maximum Gasteiger partial charge on any atom is 0.472 e. The molecule has 96 heavy (non-hydrogen) atoms. The van der Waals surface area contributed by atoms with Crippen molar-refractivity contribution in [3.05, 3.63) is 0 Å². The minimum atomic E-state index is -4.96. The van der Waals surface area contributed by atoms with Gasteiger partial charge in [0.2, 0.25) is 0 Å². The van der Waals surface area contributed by atoms with Crippen molar-refractivity contribution in [2.75, 3.05) is 39.6 Å². The molecule has 17 nitrogen and oxygen atoms in total. The smallest absolute Gasteiger partial charge is 0.462 e. The first kappa shape index (κ1) is 94.1. The zero-order chi connectivity index (χ0) is 70.5. The quantitative estimate of drug-likeness (QED) is 0.0222. The highest BCUT2D eigenvalue weighted by atomic mass is 31.2. The SMILES string of the molecule is CCCCCCCCCCCCCCCCCCCC(=O)OC[C@H](COP(=O)(O)OC[C@@H](O)COP(=O)(O)OC[C@@H](COC(=O)CCCCCCCCCC)OC(=O)CCCCCCCCCCCCCCC)OC(=O)CCCCCCCCCCCCCCCCCC(C)C. The largest absolute Gasteiger partial charge is 0.472 e. The first-order chi connectivity index (χ1) is 46.5. The van der Waals surface area contributed by atoms with Crippen LogP contribution in [0.1, 0.15) is 407 Å². The van der Waals surface area contributed by atoms with Gasteiger partial charge < -0.3 is 33.8 Å². The fraction of sp³-hybridized carbons (Fsp3) is 0.948. The fourth-order valence-electron chi connectivity index (χ4n) is 11.9. The Balaban J connectivity index is 5.21. The molecular weight excluding hydrogens is 1260 g/mol. The Morgan fingerprint density at radius 1 is 0.281 bits per heavy atom. The molecule has 0 rings (SSSR count). The predicted octanol–water partition coefficient (Wildman–Crippen LogP) is 22.9. The highest BCUT2D eigenvalue weighted by Crippen LogP contribution is 2.45. The summed E-state index contributed by atoms with van der Waals surface area (Å²) in [7, 11) is -9.91. The standard InChI is InChI=1S/C77H150O17P2/c1-6-9-12-15-18-21-23-25-26-27-30-34-37-41-46-51-56-61-75(80)88-67-73(94-77(82)63-58-53-48-43-39-35-31-28-29-33-36-40-44-49-54-59-70(4)5)69-92-96(85,86)90-65-71(78)64-89-95(83,84)91-68-72(66-87-74(79)60-55-50-45-20-17-14-11-8-3)93-76(81)62-57-52-47-42-38-32-24-22-19-16-13-10-7-2/h70-73,78H,6-69H2,1-5H3,(H,83,84)(H,85,86)/t71-,72+,73+/m0/s1. The molecule has 0 aromatic rings. The van der Waals surface area contributed by atoms with Crippen molar-refractivity contribution in [3.63, 3.8) is 0 Å². The normalized spacial score (nSPS) is 13.9. The molecule has 2 unspecified atom stereocenters. The maximum atomic E-state index is 13.1. The number of carbonyl (C=O) groups is 4. The lowest BCUT2D eigenvalue weighted by molar-refractivity contribution is -0.161. The summed E-state index contributed by atoms with van der Waals surface area (Å²) in [6.45, 7) is 7.31. The average molecular weight is 1410 g/mol. The van der Waals surface area contributed by atoms with Crippen molar-refractivity contribution < 1.29 is 80.2 Å². The average Bonchev–Trinajstić information content (AvgIpc) is 1.46. The Labute approximate surface area is 588 Å². The summed E-state index contributed by atoms with van der Waals surface area (Å²) in [6, 6.07) is 0. The van der Waals surface area contributed by atoms with Gasteiger partial charge in [-0.05, 0) is 31.6 Å². The Hall–Kier alpha value is -1.94. The lowest BCUT2D eigenvalue weighted by atomic mass is 10.0. The van der Waals surface area contributed by atoms with Crippen molar-refractivity contribution in [2.45, 2.75) is 425 Å². The van der Waals surface area contributed by atoms with E-state index in [2.05, 4.69) is 34.6 Å². The molecule has 570 valence electrons. The van der Waals surface area contributed by atoms with E-state index in [-0.39, 0.29) is 25.7 Å². The van der Waals surface area contributed by atoms with Gasteiger partial charge in [-0.2, -0.15) is 0 Å². The van der Waals surface area contributed by atoms with Gasteiger partial charge in [0.15, 0.2) is 12.2 Å². The predicted molar refractivity (Wildman–Crippen MR) is 391 cm³/mol. The van der Waals surface area contributed by atoms with Crippen LogP contribution in [0.15, 0.2) is 0 Å². The number of aliphatic hydroxyl groups is 1. The van der Waals surface area contributed by atoms with Gasteiger partial charge in [-0.3, -0.25) is 37.3 Å². The topological polar surface area (TPSA) is 237 Å². The maximum absolute atomic E-state index is 13.1. The number of carbonyl (C=O) groups excluding carboxylic acids is 4. The summed E-state index contributed by atoms with van der Waals surface area (Å²) in [5, 5.41) is 10.6. The second-order valence-corrected chi connectivity index (χ2v) is 31.1. The molecule has 0 saturated carbocycles. The van der Waals surface area contributed by atoms with Crippen LogP contribution in [0.2, 0.25) is 0 Å². The molecule has 0 aromatic heterocycles. The van der Waals surface area contributed by atoms with Gasteiger partial charge in [0.25, 0.3) is 0 Å². The van der Waals surface area contributed by atoms with Gasteiger partial charge in [0.05, 0.1) is 26.4 Å². The number of hydrogen-bond donors (Lipinski definition) is 3. The van der Waals surface area contributed by atoms with E-state index in [1.165, 1.54) is 225 Å². The van der Waals surface area contributed by atoms with E-state index in [1.54, 1.807) is 0 Å². The van der Waals surface area contributed by atoms with Gasteiger partial charge in [0.1, 0.15) is 19.3 Å². The van der Waals surface area contributed by atoms with Crippen LogP contribution in [0.3, 0.4) is 0 Å². The highest BCUT2D eigenvalue weighted by molar-refractivity contribution is 7.47. The summed E-state index contributed by atoms with van der Waals surface area (Å²) < 4.78 is 68.5. The molecule has 0 aromatic carbocycles. The van der Waals surface area contributed by atoms with E-state index in [1.807, 2.05) is 0 Å². The summed E-state index contributed by atoms with van der Waals surface area (Å²) in [6.07, 6.45) is 59.6. The number of phosphoric ester groups is 2. The zero-order valence-electron chi connectivity index (χ0n) is 62.5.